The second kappa shape index (κ2) is 11.9. The van der Waals surface area contributed by atoms with E-state index in [0.717, 1.165) is 10.9 Å². The van der Waals surface area contributed by atoms with Crippen molar-refractivity contribution in [3.05, 3.63) is 35.9 Å². The molecule has 1 aromatic rings. The fraction of sp³-hybridized carbons (Fsp3) is 0.667. The third kappa shape index (κ3) is 6.63. The maximum Gasteiger partial charge on any atom is 0.508 e. The minimum Gasteiger partial charge on any atom is -0.449 e. The van der Waals surface area contributed by atoms with Gasteiger partial charge in [0.25, 0.3) is 5.91 Å². The number of rotatable bonds is 8. The topological polar surface area (TPSA) is 119 Å². The van der Waals surface area contributed by atoms with Crippen molar-refractivity contribution >= 4 is 26.2 Å². The molecule has 0 radical (unpaired) electrons. The fourth-order valence-corrected chi connectivity index (χ4v) is 5.90. The Morgan fingerprint density at radius 3 is 2.44 bits per heavy atom. The molecule has 4 rings (SSSR count). The van der Waals surface area contributed by atoms with Crippen LogP contribution in [0.5, 0.6) is 0 Å². The summed E-state index contributed by atoms with van der Waals surface area (Å²) in [4.78, 5) is 39.8. The molecular weight excluding hydrogens is 526 g/mol. The van der Waals surface area contributed by atoms with Crippen molar-refractivity contribution in [2.45, 2.75) is 82.7 Å². The molecule has 39 heavy (non-hydrogen) atoms. The van der Waals surface area contributed by atoms with Crippen LogP contribution in [0.4, 0.5) is 9.59 Å². The number of benzene rings is 1. The van der Waals surface area contributed by atoms with Gasteiger partial charge in [0.2, 0.25) is 0 Å². The lowest BCUT2D eigenvalue weighted by Crippen LogP contribution is -2.69. The summed E-state index contributed by atoms with van der Waals surface area (Å²) in [5.74, 6) is -0.573. The summed E-state index contributed by atoms with van der Waals surface area (Å²) in [6.07, 6.45) is -5.40. The van der Waals surface area contributed by atoms with E-state index in [0.29, 0.717) is 12.0 Å². The number of ether oxygens (including phenoxy) is 7. The highest BCUT2D eigenvalue weighted by molar-refractivity contribution is 6.76. The Hall–Kier alpha value is -2.51. The molecule has 3 heterocycles. The average Bonchev–Trinajstić information content (AvgIpc) is 3.29. The number of nitrogens with zero attached hydrogens (tertiary/aromatic N) is 1. The van der Waals surface area contributed by atoms with Crippen molar-refractivity contribution in [2.75, 3.05) is 27.1 Å². The molecule has 12 heteroatoms. The van der Waals surface area contributed by atoms with E-state index in [1.807, 2.05) is 13.8 Å². The first kappa shape index (κ1) is 29.5. The summed E-state index contributed by atoms with van der Waals surface area (Å²) in [6, 6.07) is 9.22. The summed E-state index contributed by atoms with van der Waals surface area (Å²) >= 11 is 0. The smallest absolute Gasteiger partial charge is 0.449 e. The molecule has 0 bridgehead atoms. The second-order valence-corrected chi connectivity index (χ2v) is 17.5. The maximum absolute atomic E-state index is 13.7. The predicted octanol–water partition coefficient (Wildman–Crippen LogP) is 4.04. The standard InChI is InChI=1S/C27H39NO10Si/c1-27(2)19(14-18-15-34-26(31)37-18)38-21-20(22(27)32-3)35-16-36-24(21)28(23(29)17-10-8-7-9-11-17)25(30)33-12-13-39(4,5)6/h7-11,18-22,24H,12-16H2,1-6H3/t18-,19+,20-,21-,22+,24-/m0/s1. The third-order valence-corrected chi connectivity index (χ3v) is 9.14. The summed E-state index contributed by atoms with van der Waals surface area (Å²) in [7, 11) is 0.0804. The molecule has 216 valence electrons. The molecule has 0 N–H and O–H groups in total. The van der Waals surface area contributed by atoms with Crippen molar-refractivity contribution in [3.8, 4) is 0 Å². The van der Waals surface area contributed by atoms with E-state index in [4.69, 9.17) is 33.2 Å². The molecular formula is C27H39NO10Si. The van der Waals surface area contributed by atoms with Gasteiger partial charge in [0.1, 0.15) is 31.7 Å². The van der Waals surface area contributed by atoms with E-state index in [1.54, 1.807) is 37.4 Å². The molecule has 0 spiro atoms. The first-order valence-electron chi connectivity index (χ1n) is 13.2. The van der Waals surface area contributed by atoms with E-state index in [2.05, 4.69) is 19.6 Å². The van der Waals surface area contributed by atoms with Crippen molar-refractivity contribution in [3.63, 3.8) is 0 Å². The summed E-state index contributed by atoms with van der Waals surface area (Å²) < 4.78 is 40.2. The molecule has 3 saturated heterocycles. The Bertz CT molecular complexity index is 1030. The van der Waals surface area contributed by atoms with Crippen molar-refractivity contribution < 1.29 is 47.5 Å². The highest BCUT2D eigenvalue weighted by Gasteiger charge is 2.58. The van der Waals surface area contributed by atoms with Crippen LogP contribution >= 0.6 is 0 Å². The van der Waals surface area contributed by atoms with E-state index in [-0.39, 0.29) is 20.0 Å². The van der Waals surface area contributed by atoms with E-state index < -0.39 is 68.4 Å². The Morgan fingerprint density at radius 1 is 1.10 bits per heavy atom. The zero-order chi connectivity index (χ0) is 28.4. The SMILES string of the molecule is CO[C@@H]1[C@H]2OCO[C@H](N(C(=O)OCC[Si](C)(C)C)C(=O)c3ccccc3)[C@H]2O[C@H](C[C@H]2COC(=O)O2)C1(C)C. The Balaban J connectivity index is 1.64. The van der Waals surface area contributed by atoms with Gasteiger partial charge in [0, 0.05) is 32.6 Å². The first-order chi connectivity index (χ1) is 18.4. The van der Waals surface area contributed by atoms with Crippen molar-refractivity contribution in [2.24, 2.45) is 5.41 Å². The van der Waals surface area contributed by atoms with Gasteiger partial charge < -0.3 is 33.2 Å². The van der Waals surface area contributed by atoms with Crippen LogP contribution < -0.4 is 0 Å². The molecule has 0 aliphatic carbocycles. The number of fused-ring (bicyclic) bond motifs is 1. The van der Waals surface area contributed by atoms with E-state index in [1.165, 1.54) is 0 Å². The molecule has 0 unspecified atom stereocenters. The predicted molar refractivity (Wildman–Crippen MR) is 141 cm³/mol. The van der Waals surface area contributed by atoms with Crippen LogP contribution in [0, 0.1) is 5.41 Å². The number of hydrogen-bond acceptors (Lipinski definition) is 10. The largest absolute Gasteiger partial charge is 0.508 e. The van der Waals surface area contributed by atoms with Crippen LogP contribution in [0.1, 0.15) is 30.6 Å². The lowest BCUT2D eigenvalue weighted by atomic mass is 9.72. The van der Waals surface area contributed by atoms with E-state index >= 15 is 0 Å². The quantitative estimate of drug-likeness (QED) is 0.337. The van der Waals surface area contributed by atoms with Gasteiger partial charge in [-0.05, 0) is 18.2 Å². The van der Waals surface area contributed by atoms with Crippen molar-refractivity contribution in [1.82, 2.24) is 4.90 Å². The molecule has 2 amide bonds. The van der Waals surface area contributed by atoms with Gasteiger partial charge in [0.15, 0.2) is 6.23 Å². The Morgan fingerprint density at radius 2 is 1.82 bits per heavy atom. The number of imide groups is 1. The summed E-state index contributed by atoms with van der Waals surface area (Å²) in [6.45, 7) is 10.6. The zero-order valence-corrected chi connectivity index (χ0v) is 24.4. The van der Waals surface area contributed by atoms with Gasteiger partial charge in [-0.2, -0.15) is 0 Å². The first-order valence-corrected chi connectivity index (χ1v) is 16.9. The van der Waals surface area contributed by atoms with Gasteiger partial charge in [-0.25, -0.2) is 14.5 Å². The van der Waals surface area contributed by atoms with E-state index in [9.17, 15) is 14.4 Å². The van der Waals surface area contributed by atoms with Gasteiger partial charge in [-0.3, -0.25) is 4.79 Å². The maximum atomic E-state index is 13.7. The molecule has 6 atom stereocenters. The molecule has 3 aliphatic heterocycles. The molecule has 1 aromatic carbocycles. The second-order valence-electron chi connectivity index (χ2n) is 11.9. The van der Waals surface area contributed by atoms with Crippen LogP contribution in [0.2, 0.25) is 25.7 Å². The number of amides is 2. The van der Waals surface area contributed by atoms with Crippen LogP contribution in [-0.4, -0.2) is 95.0 Å². The number of cyclic esters (lactones) is 2. The lowest BCUT2D eigenvalue weighted by molar-refractivity contribution is -0.341. The van der Waals surface area contributed by atoms with Crippen LogP contribution in [0.25, 0.3) is 0 Å². The summed E-state index contributed by atoms with van der Waals surface area (Å²) in [5, 5.41) is 0. The van der Waals surface area contributed by atoms with Gasteiger partial charge in [0.05, 0.1) is 18.8 Å². The van der Waals surface area contributed by atoms with Gasteiger partial charge in [-0.1, -0.05) is 51.7 Å². The molecule has 0 saturated carbocycles. The lowest BCUT2D eigenvalue weighted by Gasteiger charge is -2.55. The highest BCUT2D eigenvalue weighted by atomic mass is 28.3. The number of carbonyl (C=O) groups is 3. The van der Waals surface area contributed by atoms with Gasteiger partial charge >= 0.3 is 12.2 Å². The third-order valence-electron chi connectivity index (χ3n) is 7.44. The number of methoxy groups -OCH3 is 1. The Kier molecular flexibility index (Phi) is 9.01. The number of carbonyl (C=O) groups excluding carboxylic acids is 3. The minimum absolute atomic E-state index is 0.110. The monoisotopic (exact) mass is 565 g/mol. The average molecular weight is 566 g/mol. The number of hydrogen-bond donors (Lipinski definition) is 0. The zero-order valence-electron chi connectivity index (χ0n) is 23.4. The molecule has 3 aliphatic rings. The van der Waals surface area contributed by atoms with Gasteiger partial charge in [-0.15, -0.1) is 0 Å². The molecule has 0 aromatic heterocycles. The van der Waals surface area contributed by atoms with Crippen LogP contribution in [-0.2, 0) is 33.2 Å². The fourth-order valence-electron chi connectivity index (χ4n) is 5.19. The van der Waals surface area contributed by atoms with Crippen LogP contribution in [0.3, 0.4) is 0 Å². The Labute approximate surface area is 229 Å². The van der Waals surface area contributed by atoms with Crippen LogP contribution in [0.15, 0.2) is 30.3 Å². The van der Waals surface area contributed by atoms with Crippen molar-refractivity contribution in [1.29, 1.82) is 0 Å². The normalized spacial score (nSPS) is 30.1. The highest BCUT2D eigenvalue weighted by Crippen LogP contribution is 2.44. The molecule has 11 nitrogen and oxygen atoms in total. The molecule has 3 fully saturated rings. The summed E-state index contributed by atoms with van der Waals surface area (Å²) in [5.41, 5.74) is -0.281. The minimum atomic E-state index is -1.50.